The molecule has 360 valence electrons. The number of anilines is 1. The number of benzene rings is 2. The number of hydrogen-bond donors (Lipinski definition) is 5. The van der Waals surface area contributed by atoms with E-state index in [9.17, 15) is 33.6 Å². The van der Waals surface area contributed by atoms with Gasteiger partial charge in [-0.25, -0.2) is 0 Å². The van der Waals surface area contributed by atoms with Crippen LogP contribution in [0.3, 0.4) is 0 Å². The number of imide groups is 2. The maximum Gasteiger partial charge on any atom is 0.266 e. The van der Waals surface area contributed by atoms with Gasteiger partial charge < -0.3 is 49.9 Å². The molecule has 4 aliphatic heterocycles. The number of dihydropyridines is 1. The first-order chi connectivity index (χ1) is 32.5. The molecule has 2 aromatic carbocycles. The number of methoxy groups -OCH3 is 1. The van der Waals surface area contributed by atoms with Gasteiger partial charge in [-0.1, -0.05) is 18.9 Å². The Hall–Kier alpha value is -6.35. The Bertz CT molecular complexity index is 2260. The van der Waals surface area contributed by atoms with Crippen molar-refractivity contribution in [2.24, 2.45) is 0 Å². The van der Waals surface area contributed by atoms with E-state index < -0.39 is 42.2 Å². The van der Waals surface area contributed by atoms with Crippen molar-refractivity contribution in [3.63, 3.8) is 0 Å². The summed E-state index contributed by atoms with van der Waals surface area (Å²) in [5.41, 5.74) is 2.12. The van der Waals surface area contributed by atoms with Gasteiger partial charge in [0.15, 0.2) is 6.61 Å². The summed E-state index contributed by atoms with van der Waals surface area (Å²) >= 11 is 0. The molecule has 2 saturated heterocycles. The summed E-state index contributed by atoms with van der Waals surface area (Å²) in [6.07, 6.45) is 9.42. The summed E-state index contributed by atoms with van der Waals surface area (Å²) in [6.45, 7) is 4.65. The second-order valence-corrected chi connectivity index (χ2v) is 16.8. The van der Waals surface area contributed by atoms with E-state index in [4.69, 9.17) is 23.7 Å². The van der Waals surface area contributed by atoms with Crippen LogP contribution in [0.1, 0.15) is 89.4 Å². The van der Waals surface area contributed by atoms with Gasteiger partial charge in [-0.15, -0.1) is 0 Å². The van der Waals surface area contributed by atoms with E-state index in [-0.39, 0.29) is 53.7 Å². The van der Waals surface area contributed by atoms with Crippen LogP contribution in [0.5, 0.6) is 11.5 Å². The van der Waals surface area contributed by atoms with Crippen LogP contribution < -0.4 is 36.1 Å². The van der Waals surface area contributed by atoms with E-state index in [1.54, 1.807) is 24.1 Å². The molecule has 7 rings (SSSR count). The Balaban J connectivity index is 0.707. The molecule has 5 aliphatic rings. The quantitative estimate of drug-likeness (QED) is 0.0793. The Morgan fingerprint density at radius 3 is 2.22 bits per heavy atom. The van der Waals surface area contributed by atoms with Crippen molar-refractivity contribution in [1.82, 2.24) is 36.0 Å². The number of amides is 7. The number of allylic oxidation sites excluding steroid dienone is 2. The zero-order valence-electron chi connectivity index (χ0n) is 38.2. The molecule has 3 fully saturated rings. The zero-order chi connectivity index (χ0) is 47.5. The monoisotopic (exact) mass is 928 g/mol. The lowest BCUT2D eigenvalue weighted by Gasteiger charge is -2.49. The fourth-order valence-electron chi connectivity index (χ4n) is 8.92. The highest BCUT2D eigenvalue weighted by molar-refractivity contribution is 6.24. The molecular weight excluding hydrogens is 869 g/mol. The van der Waals surface area contributed by atoms with Crippen LogP contribution >= 0.6 is 0 Å². The van der Waals surface area contributed by atoms with Crippen molar-refractivity contribution in [2.45, 2.75) is 82.6 Å². The molecule has 2 aromatic rings. The molecule has 20 heteroatoms. The normalized spacial score (nSPS) is 20.7. The number of piperazine rings is 1. The maximum atomic E-state index is 13.2. The Labute approximate surface area is 389 Å². The smallest absolute Gasteiger partial charge is 0.266 e. The van der Waals surface area contributed by atoms with E-state index in [0.29, 0.717) is 88.6 Å². The van der Waals surface area contributed by atoms with Gasteiger partial charge in [0.2, 0.25) is 17.7 Å². The first-order valence-electron chi connectivity index (χ1n) is 22.9. The summed E-state index contributed by atoms with van der Waals surface area (Å²) in [4.78, 5) is 93.5. The molecule has 0 spiro atoms. The third-order valence-corrected chi connectivity index (χ3v) is 12.4. The van der Waals surface area contributed by atoms with Gasteiger partial charge >= 0.3 is 0 Å². The van der Waals surface area contributed by atoms with Crippen molar-refractivity contribution in [3.8, 4) is 11.5 Å². The van der Waals surface area contributed by atoms with Crippen molar-refractivity contribution in [3.05, 3.63) is 76.8 Å². The first-order valence-corrected chi connectivity index (χ1v) is 22.9. The van der Waals surface area contributed by atoms with Crippen LogP contribution in [-0.2, 0) is 33.4 Å². The number of rotatable bonds is 23. The van der Waals surface area contributed by atoms with Crippen LogP contribution in [0.4, 0.5) is 5.69 Å². The highest BCUT2D eigenvalue weighted by Gasteiger charge is 2.47. The number of ether oxygens (including phenoxy) is 5. The number of fused-ring (bicyclic) bond motifs is 2. The Morgan fingerprint density at radius 1 is 0.821 bits per heavy atom. The molecule has 1 aliphatic carbocycles. The van der Waals surface area contributed by atoms with Crippen LogP contribution in [-0.4, -0.2) is 154 Å². The minimum atomic E-state index is -1.10. The molecule has 4 heterocycles. The number of carbonyl (C=O) groups excluding carboxylic acids is 7. The fraction of sp³-hybridized carbons (Fsp3) is 0.511. The van der Waals surface area contributed by atoms with Crippen LogP contribution in [0.15, 0.2) is 60.1 Å². The molecule has 2 unspecified atom stereocenters. The summed E-state index contributed by atoms with van der Waals surface area (Å²) in [5.74, 6) is -1.78. The summed E-state index contributed by atoms with van der Waals surface area (Å²) < 4.78 is 28.0. The summed E-state index contributed by atoms with van der Waals surface area (Å²) in [7, 11) is 3.39. The average Bonchev–Trinajstić information content (AvgIpc) is 3.95. The van der Waals surface area contributed by atoms with Crippen LogP contribution in [0.25, 0.3) is 0 Å². The van der Waals surface area contributed by atoms with E-state index in [1.807, 2.05) is 32.2 Å². The lowest BCUT2D eigenvalue weighted by atomic mass is 10.0. The predicted octanol–water partition coefficient (Wildman–Crippen LogP) is 2.02. The molecule has 67 heavy (non-hydrogen) atoms. The number of nitrogens with one attached hydrogen (secondary N) is 5. The molecule has 7 amide bonds. The van der Waals surface area contributed by atoms with E-state index in [0.717, 1.165) is 29.3 Å². The van der Waals surface area contributed by atoms with Gasteiger partial charge in [0, 0.05) is 51.4 Å². The lowest BCUT2D eigenvalue weighted by molar-refractivity contribution is -0.141. The molecule has 0 radical (unpaired) electrons. The van der Waals surface area contributed by atoms with E-state index in [1.165, 1.54) is 31.0 Å². The van der Waals surface area contributed by atoms with E-state index in [2.05, 4.69) is 31.5 Å². The van der Waals surface area contributed by atoms with Gasteiger partial charge in [0.1, 0.15) is 29.5 Å². The van der Waals surface area contributed by atoms with E-state index >= 15 is 0 Å². The predicted molar refractivity (Wildman–Crippen MR) is 242 cm³/mol. The number of carbonyl (C=O) groups is 7. The number of nitrogens with zero attached hydrogens (tertiary/aromatic N) is 3. The number of piperidine rings is 1. The van der Waals surface area contributed by atoms with Gasteiger partial charge in [-0.05, 0) is 81.5 Å². The third-order valence-electron chi connectivity index (χ3n) is 12.4. The Kier molecular flexibility index (Phi) is 16.6. The SMILES string of the molecule is COc1cc(C(=O)NCCCOCCOCCOCCCNC(=O)COc2cccc3c2C(=O)N(C2CCC(=O)NC2=O)C3=O)ccc1NC1=CC=C2C(N1)N(C1CCCC1)[C@H](C)C(=O)N2C. The second-order valence-electron chi connectivity index (χ2n) is 16.8. The van der Waals surface area contributed by atoms with Gasteiger partial charge in [0.05, 0.1) is 62.1 Å². The molecule has 0 bridgehead atoms. The minimum absolute atomic E-state index is 0.00653. The van der Waals surface area contributed by atoms with Crippen molar-refractivity contribution < 1.29 is 57.2 Å². The van der Waals surface area contributed by atoms with Crippen molar-refractivity contribution in [2.75, 3.05) is 78.8 Å². The molecule has 0 aromatic heterocycles. The molecular formula is C47H60N8O12. The van der Waals surface area contributed by atoms with Crippen LogP contribution in [0, 0.1) is 0 Å². The number of likely N-dealkylation sites (N-methyl/N-ethyl adjacent to an activating group) is 1. The topological polar surface area (TPSA) is 236 Å². The lowest BCUT2D eigenvalue weighted by Crippen LogP contribution is -2.65. The van der Waals surface area contributed by atoms with Crippen molar-refractivity contribution in [1.29, 1.82) is 0 Å². The van der Waals surface area contributed by atoms with Gasteiger partial charge in [0.25, 0.3) is 23.6 Å². The fourth-order valence-corrected chi connectivity index (χ4v) is 8.92. The average molecular weight is 929 g/mol. The highest BCUT2D eigenvalue weighted by Crippen LogP contribution is 2.36. The molecule has 5 N–H and O–H groups in total. The summed E-state index contributed by atoms with van der Waals surface area (Å²) in [5, 5.41) is 14.8. The first kappa shape index (κ1) is 48.6. The van der Waals surface area contributed by atoms with Crippen LogP contribution in [0.2, 0.25) is 0 Å². The highest BCUT2D eigenvalue weighted by atomic mass is 16.5. The molecule has 3 atom stereocenters. The zero-order valence-corrected chi connectivity index (χ0v) is 38.2. The second kappa shape index (κ2) is 22.9. The van der Waals surface area contributed by atoms with Gasteiger partial charge in [-0.3, -0.25) is 48.7 Å². The largest absolute Gasteiger partial charge is 0.495 e. The molecule has 20 nitrogen and oxygen atoms in total. The standard InChI is InChI=1S/C47H60N8O12/c1-29-45(60)53(2)34-15-17-38(51-42(34)54(29)31-9-4-5-10-31)50-33-14-13-30(27-37(33)63-3)43(58)49-20-8-22-65-24-26-66-25-23-64-21-7-19-48-40(57)28-67-36-12-6-11-32-41(36)47(62)55(46(32)61)35-16-18-39(56)52-44(35)59/h6,11-15,17,27,29,31,35,42,50-51H,4-5,7-10,16,18-26,28H2,1-3H3,(H,48,57)(H,49,58)(H,52,56,59)/t29-,35?,42?/m1/s1. The number of hydrogen-bond acceptors (Lipinski definition) is 15. The third kappa shape index (κ3) is 11.6. The van der Waals surface area contributed by atoms with Gasteiger partial charge in [-0.2, -0.15) is 0 Å². The van der Waals surface area contributed by atoms with Crippen molar-refractivity contribution >= 4 is 47.0 Å². The maximum absolute atomic E-state index is 13.2. The minimum Gasteiger partial charge on any atom is -0.495 e. The molecule has 1 saturated carbocycles. The Morgan fingerprint density at radius 2 is 1.52 bits per heavy atom. The summed E-state index contributed by atoms with van der Waals surface area (Å²) in [6, 6.07) is 8.71.